The van der Waals surface area contributed by atoms with Gasteiger partial charge in [-0.1, -0.05) is 30.3 Å². The Morgan fingerprint density at radius 2 is 1.64 bits per heavy atom. The largest absolute Gasteiger partial charge is 0.326 e. The van der Waals surface area contributed by atoms with E-state index < -0.39 is 9.84 Å². The zero-order valence-electron chi connectivity index (χ0n) is 20.2. The van der Waals surface area contributed by atoms with Gasteiger partial charge in [-0.3, -0.25) is 9.59 Å². The molecule has 1 saturated carbocycles. The van der Waals surface area contributed by atoms with E-state index in [1.807, 2.05) is 23.1 Å². The third kappa shape index (κ3) is 5.68. The van der Waals surface area contributed by atoms with E-state index in [1.165, 1.54) is 5.56 Å². The maximum Gasteiger partial charge on any atom is 0.258 e. The van der Waals surface area contributed by atoms with Crippen LogP contribution in [0.4, 0.5) is 11.4 Å². The van der Waals surface area contributed by atoms with Crippen LogP contribution in [0.1, 0.15) is 48.6 Å². The van der Waals surface area contributed by atoms with Gasteiger partial charge >= 0.3 is 0 Å². The van der Waals surface area contributed by atoms with Gasteiger partial charge in [-0.25, -0.2) is 8.42 Å². The molecular weight excluding hydrogens is 472 g/mol. The van der Waals surface area contributed by atoms with Gasteiger partial charge in [0.15, 0.2) is 9.84 Å². The van der Waals surface area contributed by atoms with E-state index in [2.05, 4.69) is 11.4 Å². The molecule has 0 saturated heterocycles. The standard InChI is InChI=1S/C29H30N2O4S.H2/c32-28(19-21-10-16-26(17-11-21)36(34,35)20-22-8-9-22)30-25-14-12-24(13-15-25)29(33)31-18-4-3-6-23-5-1-2-7-27(23)31;/h1-2,5,7,10-17,22H,3-4,6,8-9,18-20H2,(H,30,32);1H. The summed E-state index contributed by atoms with van der Waals surface area (Å²) in [5.41, 5.74) is 4.10. The minimum absolute atomic E-state index is 0. The molecule has 188 valence electrons. The lowest BCUT2D eigenvalue weighted by molar-refractivity contribution is -0.115. The maximum absolute atomic E-state index is 13.2. The predicted octanol–water partition coefficient (Wildman–Crippen LogP) is 5.28. The second-order valence-corrected chi connectivity index (χ2v) is 11.7. The summed E-state index contributed by atoms with van der Waals surface area (Å²) in [5, 5.41) is 2.86. The van der Waals surface area contributed by atoms with Crippen molar-refractivity contribution in [3.63, 3.8) is 0 Å². The molecule has 3 aromatic rings. The second kappa shape index (κ2) is 10.3. The Morgan fingerprint density at radius 3 is 2.36 bits per heavy atom. The van der Waals surface area contributed by atoms with E-state index in [0.29, 0.717) is 28.6 Å². The normalized spacial score (nSPS) is 15.6. The highest BCUT2D eigenvalue weighted by molar-refractivity contribution is 7.91. The number of fused-ring (bicyclic) bond motifs is 1. The fourth-order valence-electron chi connectivity index (χ4n) is 4.65. The number of para-hydroxylation sites is 1. The van der Waals surface area contributed by atoms with Crippen molar-refractivity contribution in [2.45, 2.75) is 43.4 Å². The quantitative estimate of drug-likeness (QED) is 0.474. The first-order valence-electron chi connectivity index (χ1n) is 12.5. The number of amides is 2. The topological polar surface area (TPSA) is 83.5 Å². The summed E-state index contributed by atoms with van der Waals surface area (Å²) in [7, 11) is -3.26. The zero-order valence-corrected chi connectivity index (χ0v) is 21.0. The van der Waals surface area contributed by atoms with Gasteiger partial charge in [0, 0.05) is 24.9 Å². The summed E-state index contributed by atoms with van der Waals surface area (Å²) in [6.45, 7) is 0.689. The predicted molar refractivity (Wildman–Crippen MR) is 143 cm³/mol. The Bertz CT molecular complexity index is 1370. The summed E-state index contributed by atoms with van der Waals surface area (Å²) < 4.78 is 24.8. The molecule has 0 spiro atoms. The molecule has 0 aromatic heterocycles. The van der Waals surface area contributed by atoms with E-state index in [0.717, 1.165) is 43.4 Å². The number of hydrogen-bond donors (Lipinski definition) is 1. The lowest BCUT2D eigenvalue weighted by atomic mass is 10.1. The lowest BCUT2D eigenvalue weighted by Gasteiger charge is -2.23. The number of nitrogens with zero attached hydrogens (tertiary/aromatic N) is 1. The monoisotopic (exact) mass is 504 g/mol. The molecule has 2 aliphatic rings. The van der Waals surface area contributed by atoms with Crippen molar-refractivity contribution in [1.29, 1.82) is 0 Å². The molecule has 36 heavy (non-hydrogen) atoms. The highest BCUT2D eigenvalue weighted by Gasteiger charge is 2.29. The number of carbonyl (C=O) groups is 2. The lowest BCUT2D eigenvalue weighted by Crippen LogP contribution is -2.31. The number of hydrogen-bond acceptors (Lipinski definition) is 4. The summed E-state index contributed by atoms with van der Waals surface area (Å²) >= 11 is 0. The van der Waals surface area contributed by atoms with Crippen LogP contribution in [0.2, 0.25) is 0 Å². The number of sulfone groups is 1. The number of nitrogens with one attached hydrogen (secondary N) is 1. The average Bonchev–Trinajstić information content (AvgIpc) is 3.70. The maximum atomic E-state index is 13.2. The first-order valence-corrected chi connectivity index (χ1v) is 14.2. The van der Waals surface area contributed by atoms with E-state index in [4.69, 9.17) is 0 Å². The molecule has 6 nitrogen and oxygen atoms in total. The van der Waals surface area contributed by atoms with Gasteiger partial charge in [-0.15, -0.1) is 0 Å². The Kier molecular flexibility index (Phi) is 6.92. The van der Waals surface area contributed by atoms with Crippen molar-refractivity contribution in [2.75, 3.05) is 22.5 Å². The molecule has 0 radical (unpaired) electrons. The van der Waals surface area contributed by atoms with E-state index in [9.17, 15) is 18.0 Å². The summed E-state index contributed by atoms with van der Waals surface area (Å²) in [5.74, 6) is 0.251. The molecule has 1 heterocycles. The molecule has 5 rings (SSSR count). The zero-order chi connectivity index (χ0) is 25.1. The van der Waals surface area contributed by atoms with E-state index in [-0.39, 0.29) is 25.4 Å². The summed E-state index contributed by atoms with van der Waals surface area (Å²) in [6, 6.07) is 21.6. The summed E-state index contributed by atoms with van der Waals surface area (Å²) in [6.07, 6.45) is 5.10. The van der Waals surface area contributed by atoms with Gasteiger partial charge in [0.25, 0.3) is 5.91 Å². The molecule has 0 unspecified atom stereocenters. The highest BCUT2D eigenvalue weighted by Crippen LogP contribution is 2.32. The second-order valence-electron chi connectivity index (χ2n) is 9.71. The number of carbonyl (C=O) groups excluding carboxylic acids is 2. The number of anilines is 2. The van der Waals surface area contributed by atoms with Crippen LogP contribution in [0.3, 0.4) is 0 Å². The molecule has 1 aliphatic heterocycles. The van der Waals surface area contributed by atoms with Crippen LogP contribution in [0.5, 0.6) is 0 Å². The molecule has 0 bridgehead atoms. The fraction of sp³-hybridized carbons (Fsp3) is 0.310. The minimum Gasteiger partial charge on any atom is -0.326 e. The molecule has 7 heteroatoms. The van der Waals surface area contributed by atoms with Crippen LogP contribution in [0.15, 0.2) is 77.7 Å². The molecular formula is C29H32N2O4S. The molecule has 1 N–H and O–H groups in total. The SMILES string of the molecule is O=C(Cc1ccc(S(=O)(=O)CC2CC2)cc1)Nc1ccc(C(=O)N2CCCCc3ccccc32)cc1.[HH]. The molecule has 1 aliphatic carbocycles. The Morgan fingerprint density at radius 1 is 0.917 bits per heavy atom. The van der Waals surface area contributed by atoms with Gasteiger partial charge in [0.1, 0.15) is 0 Å². The van der Waals surface area contributed by atoms with Crippen molar-refractivity contribution >= 4 is 33.0 Å². The fourth-order valence-corrected chi connectivity index (χ4v) is 6.35. The highest BCUT2D eigenvalue weighted by atomic mass is 32.2. The number of aryl methyl sites for hydroxylation is 1. The Hall–Kier alpha value is -3.45. The van der Waals surface area contributed by atoms with Gasteiger partial charge in [-0.2, -0.15) is 0 Å². The minimum atomic E-state index is -3.26. The Balaban J connectivity index is 0.00000320. The third-order valence-corrected chi connectivity index (χ3v) is 8.72. The first-order chi connectivity index (χ1) is 17.4. The smallest absolute Gasteiger partial charge is 0.258 e. The van der Waals surface area contributed by atoms with Gasteiger partial charge in [0.2, 0.25) is 5.91 Å². The van der Waals surface area contributed by atoms with Crippen LogP contribution in [-0.4, -0.2) is 32.5 Å². The van der Waals surface area contributed by atoms with Gasteiger partial charge in [0.05, 0.1) is 17.1 Å². The van der Waals surface area contributed by atoms with Crippen LogP contribution in [-0.2, 0) is 27.5 Å². The molecule has 3 aromatic carbocycles. The van der Waals surface area contributed by atoms with Crippen molar-refractivity contribution in [1.82, 2.24) is 0 Å². The van der Waals surface area contributed by atoms with Crippen molar-refractivity contribution in [2.24, 2.45) is 5.92 Å². The van der Waals surface area contributed by atoms with Crippen LogP contribution >= 0.6 is 0 Å². The van der Waals surface area contributed by atoms with E-state index >= 15 is 0 Å². The molecule has 1 fully saturated rings. The van der Waals surface area contributed by atoms with Crippen molar-refractivity contribution in [3.8, 4) is 0 Å². The first kappa shape index (κ1) is 24.3. The third-order valence-electron chi connectivity index (χ3n) is 6.82. The van der Waals surface area contributed by atoms with Crippen LogP contribution in [0.25, 0.3) is 0 Å². The Labute approximate surface area is 213 Å². The number of rotatable bonds is 7. The van der Waals surface area contributed by atoms with Crippen LogP contribution in [0, 0.1) is 5.92 Å². The molecule has 0 atom stereocenters. The van der Waals surface area contributed by atoms with Crippen LogP contribution < -0.4 is 10.2 Å². The van der Waals surface area contributed by atoms with Gasteiger partial charge in [-0.05, 0) is 91.6 Å². The van der Waals surface area contributed by atoms with E-state index in [1.54, 1.807) is 48.5 Å². The van der Waals surface area contributed by atoms with Crippen molar-refractivity contribution in [3.05, 3.63) is 89.5 Å². The van der Waals surface area contributed by atoms with Crippen molar-refractivity contribution < 1.29 is 19.4 Å². The van der Waals surface area contributed by atoms with Gasteiger partial charge < -0.3 is 10.2 Å². The number of benzene rings is 3. The molecule has 2 amide bonds. The average molecular weight is 505 g/mol. The summed E-state index contributed by atoms with van der Waals surface area (Å²) in [4.78, 5) is 28.0.